The Balaban J connectivity index is 1.60. The molecule has 0 saturated heterocycles. The molecule has 0 unspecified atom stereocenters. The first-order valence-corrected chi connectivity index (χ1v) is 6.95. The van der Waals surface area contributed by atoms with Gasteiger partial charge >= 0.3 is 0 Å². The highest BCUT2D eigenvalue weighted by molar-refractivity contribution is 6.30. The van der Waals surface area contributed by atoms with Crippen molar-refractivity contribution >= 4 is 17.5 Å². The van der Waals surface area contributed by atoms with Crippen molar-refractivity contribution in [2.45, 2.75) is 6.42 Å². The molecule has 110 valence electrons. The summed E-state index contributed by atoms with van der Waals surface area (Å²) in [5.41, 5.74) is 3.26. The lowest BCUT2D eigenvalue weighted by molar-refractivity contribution is -0.133. The van der Waals surface area contributed by atoms with Crippen molar-refractivity contribution < 1.29 is 14.4 Å². The summed E-state index contributed by atoms with van der Waals surface area (Å²) in [7, 11) is 0. The molecule has 0 atom stereocenters. The number of carbonyl (C=O) groups is 1. The van der Waals surface area contributed by atoms with Gasteiger partial charge < -0.3 is 4.74 Å². The van der Waals surface area contributed by atoms with Gasteiger partial charge in [0, 0.05) is 5.02 Å². The van der Waals surface area contributed by atoms with Gasteiger partial charge in [-0.1, -0.05) is 41.9 Å². The highest BCUT2D eigenvalue weighted by Gasteiger charge is 2.03. The van der Waals surface area contributed by atoms with Gasteiger partial charge in [-0.05, 0) is 29.8 Å². The first-order valence-electron chi connectivity index (χ1n) is 6.57. The number of carbonyl (C=O) groups excluding carboxylic acids is 1. The van der Waals surface area contributed by atoms with Crippen molar-refractivity contribution in [2.75, 3.05) is 13.2 Å². The second-order valence-electron chi connectivity index (χ2n) is 4.34. The van der Waals surface area contributed by atoms with E-state index in [1.807, 2.05) is 30.3 Å². The highest BCUT2D eigenvalue weighted by atomic mass is 35.5. The van der Waals surface area contributed by atoms with Crippen molar-refractivity contribution in [2.24, 2.45) is 0 Å². The second-order valence-corrected chi connectivity index (χ2v) is 4.77. The maximum absolute atomic E-state index is 11.6. The fourth-order valence-electron chi connectivity index (χ4n) is 1.67. The fourth-order valence-corrected chi connectivity index (χ4v) is 1.80. The van der Waals surface area contributed by atoms with Crippen LogP contribution in [-0.2, 0) is 16.1 Å². The van der Waals surface area contributed by atoms with Crippen molar-refractivity contribution in [1.29, 1.82) is 0 Å². The van der Waals surface area contributed by atoms with Gasteiger partial charge in [0.1, 0.15) is 19.0 Å². The summed E-state index contributed by atoms with van der Waals surface area (Å²) in [6.07, 6.45) is 0.247. The van der Waals surface area contributed by atoms with Crippen molar-refractivity contribution in [1.82, 2.24) is 5.48 Å². The SMILES string of the molecule is O=C(Cc1ccc(Cl)cc1)NOCCOc1ccccc1. The molecule has 0 fully saturated rings. The average Bonchev–Trinajstić information content (AvgIpc) is 2.50. The Labute approximate surface area is 128 Å². The molecule has 0 aliphatic heterocycles. The van der Waals surface area contributed by atoms with Gasteiger partial charge in [0.25, 0.3) is 0 Å². The number of hydrogen-bond donors (Lipinski definition) is 1. The molecule has 4 nitrogen and oxygen atoms in total. The van der Waals surface area contributed by atoms with Gasteiger partial charge in [0.15, 0.2) is 0 Å². The molecular formula is C16H16ClNO3. The summed E-state index contributed by atoms with van der Waals surface area (Å²) >= 11 is 5.78. The summed E-state index contributed by atoms with van der Waals surface area (Å²) in [6.45, 7) is 0.645. The molecule has 2 rings (SSSR count). The third-order valence-electron chi connectivity index (χ3n) is 2.66. The average molecular weight is 306 g/mol. The molecule has 0 heterocycles. The Bertz CT molecular complexity index is 557. The highest BCUT2D eigenvalue weighted by Crippen LogP contribution is 2.10. The van der Waals surface area contributed by atoms with E-state index in [1.54, 1.807) is 24.3 Å². The number of nitrogens with one attached hydrogen (secondary N) is 1. The van der Waals surface area contributed by atoms with E-state index >= 15 is 0 Å². The standard InChI is InChI=1S/C16H16ClNO3/c17-14-8-6-13(7-9-14)12-16(19)18-21-11-10-20-15-4-2-1-3-5-15/h1-9H,10-12H2,(H,18,19). The van der Waals surface area contributed by atoms with E-state index < -0.39 is 0 Å². The van der Waals surface area contributed by atoms with E-state index in [4.69, 9.17) is 21.2 Å². The smallest absolute Gasteiger partial charge is 0.247 e. The van der Waals surface area contributed by atoms with Gasteiger partial charge in [-0.25, -0.2) is 5.48 Å². The van der Waals surface area contributed by atoms with Crippen LogP contribution in [0.25, 0.3) is 0 Å². The van der Waals surface area contributed by atoms with Crippen LogP contribution >= 0.6 is 11.6 Å². The van der Waals surface area contributed by atoms with Crippen LogP contribution in [-0.4, -0.2) is 19.1 Å². The molecule has 0 aromatic heterocycles. The number of amides is 1. The number of hydrogen-bond acceptors (Lipinski definition) is 3. The molecule has 1 N–H and O–H groups in total. The third-order valence-corrected chi connectivity index (χ3v) is 2.91. The van der Waals surface area contributed by atoms with Crippen LogP contribution in [0.5, 0.6) is 5.75 Å². The Morgan fingerprint density at radius 3 is 2.43 bits per heavy atom. The molecule has 5 heteroatoms. The third kappa shape index (κ3) is 5.85. The van der Waals surface area contributed by atoms with Gasteiger partial charge in [-0.2, -0.15) is 0 Å². The maximum atomic E-state index is 11.6. The van der Waals surface area contributed by atoms with Crippen LogP contribution in [0.3, 0.4) is 0 Å². The largest absolute Gasteiger partial charge is 0.491 e. The Hall–Kier alpha value is -2.04. The Morgan fingerprint density at radius 2 is 1.71 bits per heavy atom. The fraction of sp³-hybridized carbons (Fsp3) is 0.188. The van der Waals surface area contributed by atoms with Gasteiger partial charge in [-0.15, -0.1) is 0 Å². The summed E-state index contributed by atoms with van der Waals surface area (Å²) in [5, 5.41) is 0.647. The summed E-state index contributed by atoms with van der Waals surface area (Å²) in [6, 6.07) is 16.5. The van der Waals surface area contributed by atoms with E-state index in [2.05, 4.69) is 5.48 Å². The lowest BCUT2D eigenvalue weighted by Crippen LogP contribution is -2.27. The van der Waals surface area contributed by atoms with Gasteiger partial charge in [-0.3, -0.25) is 9.63 Å². The van der Waals surface area contributed by atoms with Crippen LogP contribution in [0.2, 0.25) is 5.02 Å². The predicted molar refractivity (Wildman–Crippen MR) is 81.2 cm³/mol. The maximum Gasteiger partial charge on any atom is 0.247 e. The van der Waals surface area contributed by atoms with E-state index in [0.29, 0.717) is 11.6 Å². The second kappa shape index (κ2) is 8.29. The molecule has 0 bridgehead atoms. The van der Waals surface area contributed by atoms with Crippen LogP contribution < -0.4 is 10.2 Å². The lowest BCUT2D eigenvalue weighted by Gasteiger charge is -2.08. The zero-order chi connectivity index (χ0) is 14.9. The molecule has 0 saturated carbocycles. The number of para-hydroxylation sites is 1. The molecule has 21 heavy (non-hydrogen) atoms. The van der Waals surface area contributed by atoms with Crippen molar-refractivity contribution in [3.8, 4) is 5.75 Å². The summed E-state index contributed by atoms with van der Waals surface area (Å²) < 4.78 is 5.43. The zero-order valence-corrected chi connectivity index (χ0v) is 12.2. The van der Waals surface area contributed by atoms with E-state index in [0.717, 1.165) is 11.3 Å². The summed E-state index contributed by atoms with van der Waals surface area (Å²) in [4.78, 5) is 16.7. The molecule has 2 aromatic rings. The number of ether oxygens (including phenoxy) is 1. The predicted octanol–water partition coefficient (Wildman–Crippen LogP) is 3.01. The first kappa shape index (κ1) is 15.4. The molecular weight excluding hydrogens is 290 g/mol. The molecule has 0 radical (unpaired) electrons. The first-order chi connectivity index (χ1) is 10.2. The molecule has 0 aliphatic carbocycles. The summed E-state index contributed by atoms with van der Waals surface area (Å²) in [5.74, 6) is 0.561. The van der Waals surface area contributed by atoms with Crippen LogP contribution in [0, 0.1) is 0 Å². The van der Waals surface area contributed by atoms with Gasteiger partial charge in [0.2, 0.25) is 5.91 Å². The van der Waals surface area contributed by atoms with Gasteiger partial charge in [0.05, 0.1) is 6.42 Å². The quantitative estimate of drug-likeness (QED) is 0.632. The van der Waals surface area contributed by atoms with Crippen LogP contribution in [0.15, 0.2) is 54.6 Å². The van der Waals surface area contributed by atoms with Crippen molar-refractivity contribution in [3.63, 3.8) is 0 Å². The number of halogens is 1. The van der Waals surface area contributed by atoms with E-state index in [1.165, 1.54) is 0 Å². The topological polar surface area (TPSA) is 47.6 Å². The minimum absolute atomic E-state index is 0.211. The molecule has 0 spiro atoms. The number of benzene rings is 2. The van der Waals surface area contributed by atoms with Crippen LogP contribution in [0.4, 0.5) is 0 Å². The van der Waals surface area contributed by atoms with E-state index in [-0.39, 0.29) is 18.9 Å². The molecule has 2 aromatic carbocycles. The minimum atomic E-state index is -0.211. The lowest BCUT2D eigenvalue weighted by atomic mass is 10.1. The minimum Gasteiger partial charge on any atom is -0.491 e. The molecule has 1 amide bonds. The number of rotatable bonds is 7. The zero-order valence-electron chi connectivity index (χ0n) is 11.4. The Kier molecular flexibility index (Phi) is 6.06. The monoisotopic (exact) mass is 305 g/mol. The molecule has 0 aliphatic rings. The van der Waals surface area contributed by atoms with Crippen molar-refractivity contribution in [3.05, 3.63) is 65.2 Å². The van der Waals surface area contributed by atoms with E-state index in [9.17, 15) is 4.79 Å². The number of hydroxylamine groups is 1. The Morgan fingerprint density at radius 1 is 1.00 bits per heavy atom. The normalized spacial score (nSPS) is 10.1. The van der Waals surface area contributed by atoms with Crippen LogP contribution in [0.1, 0.15) is 5.56 Å².